The number of halogens is 1. The fourth-order valence-electron chi connectivity index (χ4n) is 4.90. The highest BCUT2D eigenvalue weighted by Crippen LogP contribution is 2.64. The minimum Gasteiger partial charge on any atom is -0.452 e. The van der Waals surface area contributed by atoms with E-state index in [2.05, 4.69) is 28.8 Å². The van der Waals surface area contributed by atoms with Gasteiger partial charge in [0, 0.05) is 17.2 Å². The number of amides is 1. The summed E-state index contributed by atoms with van der Waals surface area (Å²) < 4.78 is 18.8. The van der Waals surface area contributed by atoms with Gasteiger partial charge in [-0.3, -0.25) is 9.59 Å². The van der Waals surface area contributed by atoms with Crippen molar-refractivity contribution in [2.45, 2.75) is 49.2 Å². The third-order valence-electron chi connectivity index (χ3n) is 6.23. The molecule has 28 heavy (non-hydrogen) atoms. The zero-order valence-corrected chi connectivity index (χ0v) is 17.6. The molecule has 3 fully saturated rings. The normalized spacial score (nSPS) is 29.3. The first-order valence-corrected chi connectivity index (χ1v) is 12.0. The number of nitrogens with one attached hydrogen (secondary N) is 1. The lowest BCUT2D eigenvalue weighted by atomic mass is 9.67. The van der Waals surface area contributed by atoms with Crippen LogP contribution in [0.25, 0.3) is 0 Å². The van der Waals surface area contributed by atoms with E-state index in [1.807, 2.05) is 0 Å². The Kier molecular flexibility index (Phi) is 5.93. The maximum atomic E-state index is 13.0. The molecule has 1 amide bonds. The van der Waals surface area contributed by atoms with Gasteiger partial charge in [0.15, 0.2) is 6.10 Å². The molecule has 3 aliphatic rings. The van der Waals surface area contributed by atoms with Gasteiger partial charge in [-0.2, -0.15) is 0 Å². The molecule has 1 heterocycles. The second kappa shape index (κ2) is 8.27. The largest absolute Gasteiger partial charge is 0.452 e. The summed E-state index contributed by atoms with van der Waals surface area (Å²) >= 11 is 4.23. The number of esters is 1. The average Bonchev–Trinajstić information content (AvgIpc) is 3.12. The molecule has 1 spiro atoms. The van der Waals surface area contributed by atoms with Gasteiger partial charge in [0.05, 0.1) is 10.00 Å². The molecule has 4 atom stereocenters. The molecule has 1 aliphatic heterocycles. The fraction of sp³-hybridized carbons (Fsp3) is 0.619. The van der Waals surface area contributed by atoms with Crippen molar-refractivity contribution in [2.24, 2.45) is 17.8 Å². The number of hydrogen-bond acceptors (Lipinski definition) is 5. The van der Waals surface area contributed by atoms with Crippen LogP contribution in [0.15, 0.2) is 24.3 Å². The van der Waals surface area contributed by atoms with Crippen LogP contribution in [0.4, 0.5) is 10.1 Å². The number of hydrogen-bond donors (Lipinski definition) is 1. The van der Waals surface area contributed by atoms with Gasteiger partial charge in [0.2, 0.25) is 0 Å². The number of anilines is 1. The maximum Gasteiger partial charge on any atom is 0.309 e. The Morgan fingerprint density at radius 1 is 1.14 bits per heavy atom. The van der Waals surface area contributed by atoms with Crippen molar-refractivity contribution in [2.75, 3.05) is 16.8 Å². The molecule has 2 aliphatic carbocycles. The Hall–Kier alpha value is -1.21. The molecule has 1 unspecified atom stereocenters. The first-order valence-electron chi connectivity index (χ1n) is 10.0. The van der Waals surface area contributed by atoms with Crippen LogP contribution in [-0.4, -0.2) is 33.6 Å². The summed E-state index contributed by atoms with van der Waals surface area (Å²) in [5.74, 6) is 2.45. The van der Waals surface area contributed by atoms with E-state index in [-0.39, 0.29) is 17.7 Å². The summed E-state index contributed by atoms with van der Waals surface area (Å²) in [5, 5.41) is 2.67. The van der Waals surface area contributed by atoms with E-state index in [0.29, 0.717) is 21.6 Å². The summed E-state index contributed by atoms with van der Waals surface area (Å²) in [4.78, 5) is 25.1. The first-order chi connectivity index (χ1) is 13.5. The molecular weight excluding hydrogens is 397 g/mol. The molecule has 152 valence electrons. The Morgan fingerprint density at radius 2 is 1.75 bits per heavy atom. The highest BCUT2D eigenvalue weighted by molar-refractivity contribution is 8.21. The summed E-state index contributed by atoms with van der Waals surface area (Å²) in [6.07, 6.45) is 4.53. The molecule has 0 aromatic heterocycles. The highest BCUT2D eigenvalue weighted by Gasteiger charge is 2.55. The summed E-state index contributed by atoms with van der Waals surface area (Å²) in [6, 6.07) is 5.53. The second-order valence-corrected chi connectivity index (χ2v) is 11.0. The van der Waals surface area contributed by atoms with Gasteiger partial charge in [-0.15, -0.1) is 23.5 Å². The van der Waals surface area contributed by atoms with Crippen LogP contribution in [0.3, 0.4) is 0 Å². The Morgan fingerprint density at radius 3 is 2.36 bits per heavy atom. The number of rotatable bonds is 4. The first kappa shape index (κ1) is 20.1. The number of benzene rings is 1. The van der Waals surface area contributed by atoms with E-state index in [1.165, 1.54) is 55.0 Å². The lowest BCUT2D eigenvalue weighted by molar-refractivity contribution is -0.159. The number of thioether (sulfide) groups is 2. The van der Waals surface area contributed by atoms with Gasteiger partial charge < -0.3 is 10.1 Å². The lowest BCUT2D eigenvalue weighted by Gasteiger charge is -2.51. The smallest absolute Gasteiger partial charge is 0.309 e. The third kappa shape index (κ3) is 3.92. The van der Waals surface area contributed by atoms with Crippen molar-refractivity contribution in [3.05, 3.63) is 30.1 Å². The van der Waals surface area contributed by atoms with Crippen LogP contribution in [0, 0.1) is 23.6 Å². The zero-order valence-electron chi connectivity index (χ0n) is 16.0. The lowest BCUT2D eigenvalue weighted by Crippen LogP contribution is -2.48. The molecule has 2 bridgehead atoms. The van der Waals surface area contributed by atoms with Gasteiger partial charge in [0.1, 0.15) is 5.82 Å². The van der Waals surface area contributed by atoms with Crippen LogP contribution in [0.2, 0.25) is 0 Å². The number of carbonyl (C=O) groups is 2. The monoisotopic (exact) mass is 423 g/mol. The van der Waals surface area contributed by atoms with Crippen LogP contribution >= 0.6 is 23.5 Å². The number of ether oxygens (including phenoxy) is 1. The topological polar surface area (TPSA) is 55.4 Å². The van der Waals surface area contributed by atoms with Gasteiger partial charge >= 0.3 is 5.97 Å². The van der Waals surface area contributed by atoms with Crippen molar-refractivity contribution in [3.63, 3.8) is 0 Å². The van der Waals surface area contributed by atoms with Crippen LogP contribution in [0.1, 0.15) is 39.0 Å². The second-order valence-electron chi connectivity index (χ2n) is 7.99. The minimum absolute atomic E-state index is 0.108. The molecule has 0 radical (unpaired) electrons. The summed E-state index contributed by atoms with van der Waals surface area (Å²) in [6.45, 7) is 1.59. The molecule has 1 aromatic carbocycles. The Balaban J connectivity index is 1.34. The Bertz CT molecular complexity index is 720. The van der Waals surface area contributed by atoms with Crippen molar-refractivity contribution < 1.29 is 18.7 Å². The van der Waals surface area contributed by atoms with Crippen molar-refractivity contribution in [1.82, 2.24) is 0 Å². The fourth-order valence-corrected chi connectivity index (χ4v) is 8.84. The van der Waals surface area contributed by atoms with E-state index in [1.54, 1.807) is 6.92 Å². The SMILES string of the molecule is C[C@@H](OC(=O)C1C[C@H]2CCC[C@@H](C1)C21SCCS1)C(=O)Nc1ccc(F)cc1. The van der Waals surface area contributed by atoms with Crippen molar-refractivity contribution in [1.29, 1.82) is 0 Å². The minimum atomic E-state index is -0.872. The summed E-state index contributed by atoms with van der Waals surface area (Å²) in [7, 11) is 0. The maximum absolute atomic E-state index is 13.0. The standard InChI is InChI=1S/C21H26FNO3S2/c1-13(19(24)23-18-7-5-17(22)6-8-18)26-20(25)14-11-15-3-2-4-16(12-14)21(15)27-9-10-28-21/h5-8,13-16H,2-4,9-12H2,1H3,(H,23,24)/t13-,14?,15-,16+/m1/s1. The van der Waals surface area contributed by atoms with Crippen molar-refractivity contribution in [3.8, 4) is 0 Å². The van der Waals surface area contributed by atoms with E-state index >= 15 is 0 Å². The van der Waals surface area contributed by atoms with E-state index in [0.717, 1.165) is 12.8 Å². The van der Waals surface area contributed by atoms with Crippen molar-refractivity contribution >= 4 is 41.1 Å². The van der Waals surface area contributed by atoms with Crippen LogP contribution < -0.4 is 5.32 Å². The quantitative estimate of drug-likeness (QED) is 0.712. The molecule has 2 saturated carbocycles. The third-order valence-corrected chi connectivity index (χ3v) is 10.2. The van der Waals surface area contributed by atoms with Crippen LogP contribution in [-0.2, 0) is 14.3 Å². The zero-order chi connectivity index (χ0) is 19.7. The molecule has 7 heteroatoms. The van der Waals surface area contributed by atoms with Crippen LogP contribution in [0.5, 0.6) is 0 Å². The van der Waals surface area contributed by atoms with Gasteiger partial charge in [-0.05, 0) is 68.7 Å². The van der Waals surface area contributed by atoms with Gasteiger partial charge in [0.25, 0.3) is 5.91 Å². The molecule has 1 aromatic rings. The van der Waals surface area contributed by atoms with E-state index in [9.17, 15) is 14.0 Å². The average molecular weight is 424 g/mol. The molecule has 1 N–H and O–H groups in total. The van der Waals surface area contributed by atoms with Gasteiger partial charge in [-0.1, -0.05) is 6.42 Å². The number of carbonyl (C=O) groups excluding carboxylic acids is 2. The molecular formula is C21H26FNO3S2. The predicted molar refractivity (Wildman–Crippen MR) is 112 cm³/mol. The van der Waals surface area contributed by atoms with E-state index < -0.39 is 12.0 Å². The summed E-state index contributed by atoms with van der Waals surface area (Å²) in [5.41, 5.74) is 0.485. The molecule has 4 rings (SSSR count). The van der Waals surface area contributed by atoms with Gasteiger partial charge in [-0.25, -0.2) is 4.39 Å². The predicted octanol–water partition coefficient (Wildman–Crippen LogP) is 4.70. The Labute approximate surface area is 173 Å². The molecule has 4 nitrogen and oxygen atoms in total. The van der Waals surface area contributed by atoms with E-state index in [4.69, 9.17) is 4.74 Å². The highest BCUT2D eigenvalue weighted by atomic mass is 32.2. The molecule has 1 saturated heterocycles.